The van der Waals surface area contributed by atoms with Crippen molar-refractivity contribution in [2.45, 2.75) is 4.34 Å². The highest BCUT2D eigenvalue weighted by molar-refractivity contribution is 9.10. The van der Waals surface area contributed by atoms with Crippen molar-refractivity contribution in [1.82, 2.24) is 15.1 Å². The minimum Gasteiger partial charge on any atom is -0.368 e. The molecule has 1 N–H and O–H groups in total. The number of rotatable bonds is 6. The molecule has 2 heterocycles. The SMILES string of the molecule is O=C(Nc1nnc(SCC(=O)N2CCN(c3cccc(Cl)c3)CC2)s1)c1ccccc1Br. The third kappa shape index (κ3) is 5.80. The van der Waals surface area contributed by atoms with Gasteiger partial charge in [0.2, 0.25) is 11.0 Å². The normalized spacial score (nSPS) is 13.8. The lowest BCUT2D eigenvalue weighted by Crippen LogP contribution is -2.49. The van der Waals surface area contributed by atoms with Crippen LogP contribution in [0.4, 0.5) is 10.8 Å². The van der Waals surface area contributed by atoms with E-state index in [-0.39, 0.29) is 17.6 Å². The lowest BCUT2D eigenvalue weighted by Gasteiger charge is -2.36. The maximum Gasteiger partial charge on any atom is 0.258 e. The van der Waals surface area contributed by atoms with E-state index in [0.29, 0.717) is 37.6 Å². The van der Waals surface area contributed by atoms with Crippen LogP contribution >= 0.6 is 50.6 Å². The fraction of sp³-hybridized carbons (Fsp3) is 0.238. The first-order valence-electron chi connectivity index (χ1n) is 9.80. The van der Waals surface area contributed by atoms with E-state index < -0.39 is 0 Å². The van der Waals surface area contributed by atoms with Gasteiger partial charge in [-0.05, 0) is 46.3 Å². The molecule has 0 aliphatic carbocycles. The van der Waals surface area contributed by atoms with Gasteiger partial charge in [0.05, 0.1) is 11.3 Å². The van der Waals surface area contributed by atoms with Gasteiger partial charge in [0, 0.05) is 41.4 Å². The van der Waals surface area contributed by atoms with E-state index in [9.17, 15) is 9.59 Å². The number of benzene rings is 2. The third-order valence-corrected chi connectivity index (χ3v) is 7.75. The van der Waals surface area contributed by atoms with Gasteiger partial charge in [-0.25, -0.2) is 0 Å². The van der Waals surface area contributed by atoms with Crippen molar-refractivity contribution in [2.75, 3.05) is 42.1 Å². The van der Waals surface area contributed by atoms with E-state index >= 15 is 0 Å². The van der Waals surface area contributed by atoms with Crippen LogP contribution < -0.4 is 10.2 Å². The lowest BCUT2D eigenvalue weighted by atomic mass is 10.2. The molecule has 7 nitrogen and oxygen atoms in total. The molecule has 166 valence electrons. The Bertz CT molecular complexity index is 1120. The van der Waals surface area contributed by atoms with Crippen molar-refractivity contribution >= 4 is 73.3 Å². The van der Waals surface area contributed by atoms with Gasteiger partial charge >= 0.3 is 0 Å². The zero-order chi connectivity index (χ0) is 22.5. The maximum absolute atomic E-state index is 12.6. The largest absolute Gasteiger partial charge is 0.368 e. The zero-order valence-electron chi connectivity index (χ0n) is 16.8. The summed E-state index contributed by atoms with van der Waals surface area (Å²) in [5.74, 6) is 0.0813. The zero-order valence-corrected chi connectivity index (χ0v) is 20.8. The van der Waals surface area contributed by atoms with Crippen molar-refractivity contribution in [3.8, 4) is 0 Å². The van der Waals surface area contributed by atoms with Crippen molar-refractivity contribution < 1.29 is 9.59 Å². The Hall–Kier alpha value is -2.14. The molecule has 0 atom stereocenters. The van der Waals surface area contributed by atoms with E-state index in [1.54, 1.807) is 18.2 Å². The minimum absolute atomic E-state index is 0.0646. The van der Waals surface area contributed by atoms with Crippen LogP contribution in [-0.4, -0.2) is 58.8 Å². The van der Waals surface area contributed by atoms with Crippen LogP contribution in [0.1, 0.15) is 10.4 Å². The Morgan fingerprint density at radius 3 is 2.62 bits per heavy atom. The molecule has 3 aromatic rings. The summed E-state index contributed by atoms with van der Waals surface area (Å²) in [7, 11) is 0. The predicted molar refractivity (Wildman–Crippen MR) is 133 cm³/mol. The second-order valence-electron chi connectivity index (χ2n) is 6.94. The van der Waals surface area contributed by atoms with Crippen LogP contribution in [0.2, 0.25) is 5.02 Å². The number of carbonyl (C=O) groups excluding carboxylic acids is 2. The fourth-order valence-electron chi connectivity index (χ4n) is 3.23. The Kier molecular flexibility index (Phi) is 7.67. The van der Waals surface area contributed by atoms with Crippen LogP contribution in [0.5, 0.6) is 0 Å². The number of nitrogens with one attached hydrogen (secondary N) is 1. The van der Waals surface area contributed by atoms with E-state index in [2.05, 4.69) is 36.3 Å². The summed E-state index contributed by atoms with van der Waals surface area (Å²) in [6, 6.07) is 14.9. The highest BCUT2D eigenvalue weighted by atomic mass is 79.9. The molecule has 0 radical (unpaired) electrons. The lowest BCUT2D eigenvalue weighted by molar-refractivity contribution is -0.128. The van der Waals surface area contributed by atoms with Crippen LogP contribution in [0, 0.1) is 0 Å². The first-order valence-corrected chi connectivity index (χ1v) is 12.8. The summed E-state index contributed by atoms with van der Waals surface area (Å²) in [6.45, 7) is 2.85. The molecule has 4 rings (SSSR count). The molecule has 1 aliphatic rings. The first kappa shape index (κ1) is 23.0. The van der Waals surface area contributed by atoms with Gasteiger partial charge in [0.25, 0.3) is 5.91 Å². The first-order chi connectivity index (χ1) is 15.5. The number of carbonyl (C=O) groups is 2. The minimum atomic E-state index is -0.265. The van der Waals surface area contributed by atoms with Crippen molar-refractivity contribution in [1.29, 1.82) is 0 Å². The molecule has 2 aromatic carbocycles. The molecule has 1 fully saturated rings. The standard InChI is InChI=1S/C21H19BrClN5O2S2/c22-17-7-2-1-6-16(17)19(30)24-20-25-26-21(32-20)31-13-18(29)28-10-8-27(9-11-28)15-5-3-4-14(23)12-15/h1-7,12H,8-11,13H2,(H,24,25,30). The second kappa shape index (κ2) is 10.7. The van der Waals surface area contributed by atoms with Gasteiger partial charge in [-0.2, -0.15) is 0 Å². The molecule has 11 heteroatoms. The van der Waals surface area contributed by atoms with Crippen molar-refractivity contribution in [2.24, 2.45) is 0 Å². The van der Waals surface area contributed by atoms with E-state index in [0.717, 1.165) is 18.8 Å². The highest BCUT2D eigenvalue weighted by Gasteiger charge is 2.22. The van der Waals surface area contributed by atoms with Gasteiger partial charge in [-0.3, -0.25) is 14.9 Å². The molecule has 1 aliphatic heterocycles. The number of piperazine rings is 1. The molecular weight excluding hydrogens is 534 g/mol. The van der Waals surface area contributed by atoms with Crippen molar-refractivity contribution in [3.63, 3.8) is 0 Å². The van der Waals surface area contributed by atoms with E-state index in [1.807, 2.05) is 35.2 Å². The van der Waals surface area contributed by atoms with Crippen LogP contribution in [0.25, 0.3) is 0 Å². The molecular formula is C21H19BrClN5O2S2. The van der Waals surface area contributed by atoms with Gasteiger partial charge in [0.1, 0.15) is 0 Å². The van der Waals surface area contributed by atoms with Crippen molar-refractivity contribution in [3.05, 3.63) is 63.6 Å². The van der Waals surface area contributed by atoms with Gasteiger partial charge in [-0.1, -0.05) is 52.9 Å². The number of nitrogens with zero attached hydrogens (tertiary/aromatic N) is 4. The average Bonchev–Trinajstić information content (AvgIpc) is 3.25. The van der Waals surface area contributed by atoms with Crippen LogP contribution in [0.3, 0.4) is 0 Å². The third-order valence-electron chi connectivity index (χ3n) is 4.87. The molecule has 0 spiro atoms. The Labute approximate surface area is 207 Å². The average molecular weight is 553 g/mol. The summed E-state index contributed by atoms with van der Waals surface area (Å²) in [4.78, 5) is 29.1. The van der Waals surface area contributed by atoms with Crippen LogP contribution in [0.15, 0.2) is 57.3 Å². The number of halogens is 2. The molecule has 2 amide bonds. The molecule has 32 heavy (non-hydrogen) atoms. The summed E-state index contributed by atoms with van der Waals surface area (Å²) in [5.41, 5.74) is 1.59. The Morgan fingerprint density at radius 2 is 1.88 bits per heavy atom. The number of anilines is 2. The smallest absolute Gasteiger partial charge is 0.258 e. The number of aromatic nitrogens is 2. The van der Waals surface area contributed by atoms with Gasteiger partial charge in [-0.15, -0.1) is 10.2 Å². The van der Waals surface area contributed by atoms with E-state index in [4.69, 9.17) is 11.6 Å². The fourth-order valence-corrected chi connectivity index (χ4v) is 5.53. The number of thioether (sulfide) groups is 1. The molecule has 1 saturated heterocycles. The monoisotopic (exact) mass is 551 g/mol. The molecule has 0 saturated carbocycles. The maximum atomic E-state index is 12.6. The highest BCUT2D eigenvalue weighted by Crippen LogP contribution is 2.27. The van der Waals surface area contributed by atoms with Gasteiger partial charge < -0.3 is 9.80 Å². The summed E-state index contributed by atoms with van der Waals surface area (Å²) < 4.78 is 1.34. The van der Waals surface area contributed by atoms with Crippen LogP contribution in [-0.2, 0) is 4.79 Å². The van der Waals surface area contributed by atoms with E-state index in [1.165, 1.54) is 23.1 Å². The quantitative estimate of drug-likeness (QED) is 0.354. The topological polar surface area (TPSA) is 78.4 Å². The summed E-state index contributed by atoms with van der Waals surface area (Å²) >= 11 is 12.0. The summed E-state index contributed by atoms with van der Waals surface area (Å²) in [6.07, 6.45) is 0. The second-order valence-corrected chi connectivity index (χ2v) is 10.4. The Morgan fingerprint density at radius 1 is 1.09 bits per heavy atom. The molecule has 0 bridgehead atoms. The predicted octanol–water partition coefficient (Wildman–Crippen LogP) is 4.65. The molecule has 1 aromatic heterocycles. The number of hydrogen-bond acceptors (Lipinski definition) is 7. The number of amides is 2. The van der Waals surface area contributed by atoms with Gasteiger partial charge in [0.15, 0.2) is 4.34 Å². The summed E-state index contributed by atoms with van der Waals surface area (Å²) in [5, 5.41) is 11.9. The number of hydrogen-bond donors (Lipinski definition) is 1. The molecule has 0 unspecified atom stereocenters. The Balaban J connectivity index is 1.25.